The topological polar surface area (TPSA) is 47.3 Å². The van der Waals surface area contributed by atoms with Gasteiger partial charge in [0, 0.05) is 17.1 Å². The lowest BCUT2D eigenvalue weighted by Gasteiger charge is -2.08. The van der Waals surface area contributed by atoms with E-state index >= 15 is 0 Å². The maximum absolute atomic E-state index is 5.61. The molecule has 0 aliphatic carbocycles. The number of rotatable bonds is 5. The van der Waals surface area contributed by atoms with E-state index < -0.39 is 0 Å². The van der Waals surface area contributed by atoms with Gasteiger partial charge in [0.05, 0.1) is 6.20 Å². The normalized spacial score (nSPS) is 10.5. The van der Waals surface area contributed by atoms with E-state index in [-0.39, 0.29) is 0 Å². The van der Waals surface area contributed by atoms with Gasteiger partial charge in [-0.1, -0.05) is 21.1 Å². The molecule has 1 heterocycles. The molecule has 1 aromatic carbocycles. The molecule has 0 atom stereocenters. The summed E-state index contributed by atoms with van der Waals surface area (Å²) in [5.74, 6) is 1.53. The van der Waals surface area contributed by atoms with Gasteiger partial charge >= 0.3 is 0 Å². The largest absolute Gasteiger partial charge is 0.486 e. The Labute approximate surface area is 108 Å². The molecule has 0 fully saturated rings. The number of halogens is 1. The highest BCUT2D eigenvalue weighted by atomic mass is 79.9. The van der Waals surface area contributed by atoms with E-state index in [1.54, 1.807) is 12.3 Å². The van der Waals surface area contributed by atoms with Gasteiger partial charge in [0.1, 0.15) is 12.4 Å². The smallest absolute Gasteiger partial charge is 0.174 e. The lowest BCUT2D eigenvalue weighted by molar-refractivity contribution is 0.249. The number of nitrogens with one attached hydrogen (secondary N) is 1. The standard InChI is InChI=1S/C12H13BrN2O2/c1-14-7-9-6-10(2-3-12(9)13)16-8-11-4-5-15-17-11/h2-6,14H,7-8H2,1H3. The number of aromatic nitrogens is 1. The second-order valence-corrected chi connectivity index (χ2v) is 4.41. The summed E-state index contributed by atoms with van der Waals surface area (Å²) in [5.41, 5.74) is 1.16. The lowest BCUT2D eigenvalue weighted by atomic mass is 10.2. The third kappa shape index (κ3) is 3.31. The molecular weight excluding hydrogens is 284 g/mol. The number of ether oxygens (including phenoxy) is 1. The van der Waals surface area contributed by atoms with Crippen molar-refractivity contribution < 1.29 is 9.26 Å². The molecule has 2 aromatic rings. The third-order valence-electron chi connectivity index (χ3n) is 2.26. The van der Waals surface area contributed by atoms with Crippen LogP contribution < -0.4 is 10.1 Å². The monoisotopic (exact) mass is 296 g/mol. The molecule has 17 heavy (non-hydrogen) atoms. The van der Waals surface area contributed by atoms with Crippen molar-refractivity contribution in [2.45, 2.75) is 13.2 Å². The van der Waals surface area contributed by atoms with E-state index in [1.807, 2.05) is 25.2 Å². The van der Waals surface area contributed by atoms with Crippen molar-refractivity contribution in [3.8, 4) is 5.75 Å². The number of hydrogen-bond acceptors (Lipinski definition) is 4. The second-order valence-electron chi connectivity index (χ2n) is 3.55. The Kier molecular flexibility index (Phi) is 4.17. The molecule has 0 saturated carbocycles. The van der Waals surface area contributed by atoms with Crippen LogP contribution in [0.5, 0.6) is 5.75 Å². The van der Waals surface area contributed by atoms with Gasteiger partial charge in [0.15, 0.2) is 5.76 Å². The molecule has 90 valence electrons. The first kappa shape index (κ1) is 12.1. The molecule has 0 saturated heterocycles. The highest BCUT2D eigenvalue weighted by Crippen LogP contribution is 2.23. The minimum Gasteiger partial charge on any atom is -0.486 e. The molecule has 0 unspecified atom stereocenters. The van der Waals surface area contributed by atoms with Crippen molar-refractivity contribution in [3.63, 3.8) is 0 Å². The van der Waals surface area contributed by atoms with Gasteiger partial charge in [0.2, 0.25) is 0 Å². The maximum atomic E-state index is 5.61. The molecule has 0 aliphatic rings. The van der Waals surface area contributed by atoms with Crippen molar-refractivity contribution in [1.82, 2.24) is 10.5 Å². The molecule has 0 bridgehead atoms. The summed E-state index contributed by atoms with van der Waals surface area (Å²) in [6.45, 7) is 1.18. The molecule has 0 amide bonds. The first-order valence-corrected chi connectivity index (χ1v) is 6.04. The van der Waals surface area contributed by atoms with Gasteiger partial charge in [0.25, 0.3) is 0 Å². The van der Waals surface area contributed by atoms with Gasteiger partial charge < -0.3 is 14.6 Å². The quantitative estimate of drug-likeness (QED) is 0.922. The summed E-state index contributed by atoms with van der Waals surface area (Å²) in [4.78, 5) is 0. The fraction of sp³-hybridized carbons (Fsp3) is 0.250. The molecule has 0 radical (unpaired) electrons. The number of nitrogens with zero attached hydrogens (tertiary/aromatic N) is 1. The fourth-order valence-corrected chi connectivity index (χ4v) is 1.82. The van der Waals surface area contributed by atoms with Crippen LogP contribution in [-0.4, -0.2) is 12.2 Å². The Balaban J connectivity index is 2.03. The summed E-state index contributed by atoms with van der Waals surface area (Å²) in [6.07, 6.45) is 1.60. The molecule has 1 N–H and O–H groups in total. The van der Waals surface area contributed by atoms with Gasteiger partial charge in [-0.3, -0.25) is 0 Å². The van der Waals surface area contributed by atoms with Gasteiger partial charge in [-0.2, -0.15) is 0 Å². The number of hydrogen-bond donors (Lipinski definition) is 1. The Hall–Kier alpha value is -1.33. The predicted molar refractivity (Wildman–Crippen MR) is 67.7 cm³/mol. The van der Waals surface area contributed by atoms with Crippen LogP contribution >= 0.6 is 15.9 Å². The fourth-order valence-electron chi connectivity index (χ4n) is 1.44. The highest BCUT2D eigenvalue weighted by molar-refractivity contribution is 9.10. The van der Waals surface area contributed by atoms with Crippen molar-refractivity contribution >= 4 is 15.9 Å². The van der Waals surface area contributed by atoms with Crippen LogP contribution in [0.15, 0.2) is 39.5 Å². The van der Waals surface area contributed by atoms with E-state index in [4.69, 9.17) is 9.26 Å². The van der Waals surface area contributed by atoms with Crippen molar-refractivity contribution in [1.29, 1.82) is 0 Å². The zero-order valence-corrected chi connectivity index (χ0v) is 11.0. The average molecular weight is 297 g/mol. The van der Waals surface area contributed by atoms with Crippen molar-refractivity contribution in [2.24, 2.45) is 0 Å². The van der Waals surface area contributed by atoms with Crippen molar-refractivity contribution in [3.05, 3.63) is 46.3 Å². The zero-order valence-electron chi connectivity index (χ0n) is 9.44. The summed E-state index contributed by atoms with van der Waals surface area (Å²) < 4.78 is 11.6. The van der Waals surface area contributed by atoms with Crippen LogP contribution in [0.1, 0.15) is 11.3 Å². The Morgan fingerprint density at radius 1 is 1.41 bits per heavy atom. The van der Waals surface area contributed by atoms with Crippen LogP contribution in [0, 0.1) is 0 Å². The summed E-state index contributed by atoms with van der Waals surface area (Å²) in [7, 11) is 1.91. The van der Waals surface area contributed by atoms with Crippen LogP contribution in [0.3, 0.4) is 0 Å². The molecule has 1 aromatic heterocycles. The van der Waals surface area contributed by atoms with Gasteiger partial charge in [-0.15, -0.1) is 0 Å². The molecule has 2 rings (SSSR count). The minimum atomic E-state index is 0.390. The predicted octanol–water partition coefficient (Wildman–Crippen LogP) is 2.74. The molecule has 4 nitrogen and oxygen atoms in total. The minimum absolute atomic E-state index is 0.390. The van der Waals surface area contributed by atoms with Gasteiger partial charge in [-0.05, 0) is 30.8 Å². The Bertz CT molecular complexity index is 471. The summed E-state index contributed by atoms with van der Waals surface area (Å²) in [6, 6.07) is 7.67. The van der Waals surface area contributed by atoms with Crippen LogP contribution in [0.4, 0.5) is 0 Å². The zero-order chi connectivity index (χ0) is 12.1. The molecule has 0 aliphatic heterocycles. The van der Waals surface area contributed by atoms with Crippen molar-refractivity contribution in [2.75, 3.05) is 7.05 Å². The van der Waals surface area contributed by atoms with E-state index in [0.29, 0.717) is 12.4 Å². The summed E-state index contributed by atoms with van der Waals surface area (Å²) >= 11 is 3.50. The van der Waals surface area contributed by atoms with Crippen LogP contribution in [-0.2, 0) is 13.2 Å². The first-order chi connectivity index (χ1) is 8.29. The lowest BCUT2D eigenvalue weighted by Crippen LogP contribution is -2.06. The first-order valence-electron chi connectivity index (χ1n) is 5.25. The Morgan fingerprint density at radius 2 is 2.29 bits per heavy atom. The molecule has 5 heteroatoms. The highest BCUT2D eigenvalue weighted by Gasteiger charge is 2.03. The van der Waals surface area contributed by atoms with E-state index in [2.05, 4.69) is 26.4 Å². The van der Waals surface area contributed by atoms with Gasteiger partial charge in [-0.25, -0.2) is 0 Å². The van der Waals surface area contributed by atoms with Crippen LogP contribution in [0.2, 0.25) is 0 Å². The Morgan fingerprint density at radius 3 is 3.00 bits per heavy atom. The SMILES string of the molecule is CNCc1cc(OCc2ccno2)ccc1Br. The summed E-state index contributed by atoms with van der Waals surface area (Å²) in [5, 5.41) is 6.73. The van der Waals surface area contributed by atoms with Crippen LogP contribution in [0.25, 0.3) is 0 Å². The number of benzene rings is 1. The molecular formula is C12H13BrN2O2. The average Bonchev–Trinajstić information content (AvgIpc) is 2.83. The van der Waals surface area contributed by atoms with E-state index in [9.17, 15) is 0 Å². The van der Waals surface area contributed by atoms with E-state index in [0.717, 1.165) is 22.3 Å². The maximum Gasteiger partial charge on any atom is 0.174 e. The second kappa shape index (κ2) is 5.84. The third-order valence-corrected chi connectivity index (χ3v) is 3.03. The molecule has 0 spiro atoms. The van der Waals surface area contributed by atoms with E-state index in [1.165, 1.54) is 0 Å².